The van der Waals surface area contributed by atoms with Gasteiger partial charge in [0, 0.05) is 12.8 Å². The number of likely N-dealkylation sites (N-methyl/N-ethyl adjacent to an activating group) is 1. The molecule has 0 amide bonds. The smallest absolute Gasteiger partial charge is 0.461 e. The minimum atomic E-state index is -4.10. The zero-order chi connectivity index (χ0) is 40.7. The van der Waals surface area contributed by atoms with Crippen LogP contribution in [0.5, 0.6) is 0 Å². The molecular weight excluding hydrogens is 713 g/mol. The second-order valence-electron chi connectivity index (χ2n) is 16.0. The van der Waals surface area contributed by atoms with Crippen molar-refractivity contribution in [3.05, 3.63) is 24.3 Å². The number of allylic oxidation sites excluding steroid dienone is 4. The van der Waals surface area contributed by atoms with Crippen molar-refractivity contribution in [3.63, 3.8) is 0 Å². The van der Waals surface area contributed by atoms with Crippen molar-refractivity contribution >= 4 is 19.8 Å². The lowest BCUT2D eigenvalue weighted by atomic mass is 10.1. The summed E-state index contributed by atoms with van der Waals surface area (Å²) in [6, 6.07) is 0. The minimum Gasteiger partial charge on any atom is -0.461 e. The van der Waals surface area contributed by atoms with E-state index in [1.165, 1.54) is 103 Å². The van der Waals surface area contributed by atoms with Crippen LogP contribution in [0.1, 0.15) is 201 Å². The van der Waals surface area contributed by atoms with E-state index in [1.54, 1.807) is 6.92 Å². The van der Waals surface area contributed by atoms with Gasteiger partial charge >= 0.3 is 19.8 Å². The lowest BCUT2D eigenvalue weighted by Crippen LogP contribution is -2.49. The average Bonchev–Trinajstić information content (AvgIpc) is 3.13. The highest BCUT2D eigenvalue weighted by atomic mass is 31.2. The fourth-order valence-electron chi connectivity index (χ4n) is 6.55. The molecule has 9 nitrogen and oxygen atoms in total. The van der Waals surface area contributed by atoms with E-state index in [9.17, 15) is 19.0 Å². The number of nitrogens with zero attached hydrogens (tertiary/aromatic N) is 1. The quantitative estimate of drug-likeness (QED) is 0.0214. The molecule has 0 fully saturated rings. The first-order valence-electron chi connectivity index (χ1n) is 22.6. The van der Waals surface area contributed by atoms with E-state index in [2.05, 4.69) is 38.2 Å². The Morgan fingerprint density at radius 2 is 0.982 bits per heavy atom. The molecule has 0 saturated heterocycles. The first-order chi connectivity index (χ1) is 26.5. The molecule has 0 aromatic rings. The largest absolute Gasteiger partial charge is 0.472 e. The van der Waals surface area contributed by atoms with Crippen molar-refractivity contribution in [1.82, 2.24) is 0 Å². The predicted octanol–water partition coefficient (Wildman–Crippen LogP) is 12.7. The third kappa shape index (κ3) is 39.1. The molecule has 2 unspecified atom stereocenters. The van der Waals surface area contributed by atoms with Crippen molar-refractivity contribution in [1.29, 1.82) is 0 Å². The summed E-state index contributed by atoms with van der Waals surface area (Å²) >= 11 is 0. The molecule has 0 saturated carbocycles. The first-order valence-corrected chi connectivity index (χ1v) is 24.1. The molecule has 2 atom stereocenters. The maximum atomic E-state index is 12.9. The molecule has 0 heterocycles. The highest BCUT2D eigenvalue weighted by Gasteiger charge is 2.28. The zero-order valence-electron chi connectivity index (χ0n) is 36.4. The Bertz CT molecular complexity index is 1000. The van der Waals surface area contributed by atoms with E-state index in [0.717, 1.165) is 64.2 Å². The number of ether oxygens (including phenoxy) is 2. The Hall–Kier alpha value is -1.51. The summed E-state index contributed by atoms with van der Waals surface area (Å²) in [5.74, 6) is -0.564. The summed E-state index contributed by atoms with van der Waals surface area (Å²) < 4.78 is 33.6. The number of unbranched alkanes of at least 4 members (excludes halogenated alkanes) is 22. The molecule has 0 bridgehead atoms. The van der Waals surface area contributed by atoms with Crippen LogP contribution in [0.15, 0.2) is 24.3 Å². The lowest BCUT2D eigenvalue weighted by Gasteiger charge is -2.33. The Kier molecular flexibility index (Phi) is 37.0. The van der Waals surface area contributed by atoms with E-state index in [-0.39, 0.29) is 31.8 Å². The molecule has 324 valence electrons. The van der Waals surface area contributed by atoms with Gasteiger partial charge in [-0.1, -0.05) is 141 Å². The van der Waals surface area contributed by atoms with Crippen LogP contribution in [0.3, 0.4) is 0 Å². The van der Waals surface area contributed by atoms with Crippen molar-refractivity contribution in [3.8, 4) is 0 Å². The second-order valence-corrected chi connectivity index (χ2v) is 17.5. The summed E-state index contributed by atoms with van der Waals surface area (Å²) in [6.07, 6.45) is 40.5. The van der Waals surface area contributed by atoms with Gasteiger partial charge in [-0.25, -0.2) is 4.57 Å². The van der Waals surface area contributed by atoms with Gasteiger partial charge in [-0.2, -0.15) is 0 Å². The third-order valence-electron chi connectivity index (χ3n) is 9.95. The van der Waals surface area contributed by atoms with Crippen LogP contribution in [-0.4, -0.2) is 74.4 Å². The molecule has 0 aliphatic rings. The SMILES string of the molecule is CCCCCCCCC=CCCCCCCCC(=O)OCC(C[N+](C)(C)CCOP(=O)(O)OCC)OC(=O)CCCCCCC/C=C\CCCCCCCC. The Morgan fingerprint density at radius 3 is 1.42 bits per heavy atom. The van der Waals surface area contributed by atoms with E-state index < -0.39 is 13.9 Å². The summed E-state index contributed by atoms with van der Waals surface area (Å²) in [5.41, 5.74) is 0. The lowest BCUT2D eigenvalue weighted by molar-refractivity contribution is -0.893. The van der Waals surface area contributed by atoms with Crippen LogP contribution in [0, 0.1) is 0 Å². The molecule has 10 heteroatoms. The monoisotopic (exact) mass is 801 g/mol. The molecule has 0 rings (SSSR count). The fraction of sp³-hybridized carbons (Fsp3) is 0.867. The van der Waals surface area contributed by atoms with Crippen molar-refractivity contribution in [2.45, 2.75) is 207 Å². The molecule has 0 spiro atoms. The van der Waals surface area contributed by atoms with Crippen LogP contribution < -0.4 is 0 Å². The van der Waals surface area contributed by atoms with Gasteiger partial charge in [0.15, 0.2) is 6.10 Å². The summed E-state index contributed by atoms with van der Waals surface area (Å²) in [7, 11) is -0.258. The van der Waals surface area contributed by atoms with E-state index in [4.69, 9.17) is 18.5 Å². The Labute approximate surface area is 339 Å². The number of quaternary nitrogens is 1. The van der Waals surface area contributed by atoms with Gasteiger partial charge in [0.05, 0.1) is 20.7 Å². The van der Waals surface area contributed by atoms with E-state index >= 15 is 0 Å². The van der Waals surface area contributed by atoms with Crippen LogP contribution >= 0.6 is 7.82 Å². The van der Waals surface area contributed by atoms with Crippen molar-refractivity contribution in [2.75, 3.05) is 47.0 Å². The van der Waals surface area contributed by atoms with Gasteiger partial charge in [-0.3, -0.25) is 18.6 Å². The number of esters is 2. The minimum absolute atomic E-state index is 0.00830. The number of hydrogen-bond acceptors (Lipinski definition) is 7. The molecule has 0 aliphatic carbocycles. The van der Waals surface area contributed by atoms with Gasteiger partial charge in [0.25, 0.3) is 0 Å². The fourth-order valence-corrected chi connectivity index (χ4v) is 7.27. The molecule has 1 N–H and O–H groups in total. The molecule has 55 heavy (non-hydrogen) atoms. The van der Waals surface area contributed by atoms with Crippen molar-refractivity contribution in [2.24, 2.45) is 0 Å². The highest BCUT2D eigenvalue weighted by Crippen LogP contribution is 2.42. The maximum absolute atomic E-state index is 12.9. The molecule has 0 aromatic heterocycles. The highest BCUT2D eigenvalue weighted by molar-refractivity contribution is 7.47. The Balaban J connectivity index is 4.48. The van der Waals surface area contributed by atoms with E-state index in [0.29, 0.717) is 30.4 Å². The molecule has 0 radical (unpaired) electrons. The normalized spacial score (nSPS) is 13.8. The van der Waals surface area contributed by atoms with Crippen LogP contribution in [0.2, 0.25) is 0 Å². The maximum Gasteiger partial charge on any atom is 0.472 e. The van der Waals surface area contributed by atoms with E-state index in [1.807, 2.05) is 14.1 Å². The van der Waals surface area contributed by atoms with Gasteiger partial charge in [-0.15, -0.1) is 0 Å². The molecule has 0 aromatic carbocycles. The number of phosphoric ester groups is 1. The van der Waals surface area contributed by atoms with Crippen LogP contribution in [0.25, 0.3) is 0 Å². The summed E-state index contributed by atoms with van der Waals surface area (Å²) in [4.78, 5) is 35.3. The number of rotatable bonds is 41. The number of phosphoric acid groups is 1. The number of carbonyl (C=O) groups excluding carboxylic acids is 2. The predicted molar refractivity (Wildman–Crippen MR) is 229 cm³/mol. The van der Waals surface area contributed by atoms with Gasteiger partial charge in [0.2, 0.25) is 0 Å². The average molecular weight is 801 g/mol. The zero-order valence-corrected chi connectivity index (χ0v) is 37.3. The standard InChI is InChI=1S/C45H86NO8P/c1-6-9-11-13-15-17-19-21-23-25-27-29-31-33-35-37-44(47)51-42-43(41-46(4,5)39-40-53-55(49,50)52-8-3)54-45(48)38-36-34-32-30-28-26-24-22-20-18-16-14-12-10-7-2/h21-24,43H,6-20,25-42H2,1-5H3/p+1/b23-21?,24-22-. The summed E-state index contributed by atoms with van der Waals surface area (Å²) in [6.45, 7) is 6.93. The summed E-state index contributed by atoms with van der Waals surface area (Å²) in [5, 5.41) is 0. The van der Waals surface area contributed by atoms with Crippen LogP contribution in [-0.2, 0) is 32.7 Å². The van der Waals surface area contributed by atoms with Crippen LogP contribution in [0.4, 0.5) is 0 Å². The van der Waals surface area contributed by atoms with Gasteiger partial charge in [0.1, 0.15) is 26.3 Å². The van der Waals surface area contributed by atoms with Gasteiger partial charge in [-0.05, 0) is 71.1 Å². The number of carbonyl (C=O) groups is 2. The second kappa shape index (κ2) is 38.0. The van der Waals surface area contributed by atoms with Crippen molar-refractivity contribution < 1.29 is 42.1 Å². The Morgan fingerprint density at radius 1 is 0.582 bits per heavy atom. The topological polar surface area (TPSA) is 108 Å². The number of hydrogen-bond donors (Lipinski definition) is 1. The molecule has 0 aliphatic heterocycles. The molecular formula is C45H87NO8P+. The first kappa shape index (κ1) is 53.5. The van der Waals surface area contributed by atoms with Gasteiger partial charge < -0.3 is 18.9 Å². The third-order valence-corrected chi connectivity index (χ3v) is 11.0.